The lowest BCUT2D eigenvalue weighted by Gasteiger charge is -2.40. The molecule has 3 fully saturated rings. The Morgan fingerprint density at radius 3 is 2.43 bits per heavy atom. The number of hydrogen-bond donors (Lipinski definition) is 0. The summed E-state index contributed by atoms with van der Waals surface area (Å²) >= 11 is 0. The van der Waals surface area contributed by atoms with Gasteiger partial charge in [0.25, 0.3) is 0 Å². The number of alkyl halides is 3. The maximum atomic E-state index is 13.1. The Balaban J connectivity index is 1.22. The van der Waals surface area contributed by atoms with Gasteiger partial charge in [-0.15, -0.1) is 13.2 Å². The fourth-order valence-electron chi connectivity index (χ4n) is 5.90. The number of aryl methyl sites for hydroxylation is 2. The quantitative estimate of drug-likeness (QED) is 0.345. The number of halogens is 3. The molecule has 1 aromatic carbocycles. The van der Waals surface area contributed by atoms with Crippen LogP contribution in [0.2, 0.25) is 0 Å². The van der Waals surface area contributed by atoms with E-state index >= 15 is 0 Å². The molecule has 1 aliphatic carbocycles. The first kappa shape index (κ1) is 24.3. The van der Waals surface area contributed by atoms with Crippen molar-refractivity contribution in [3.8, 4) is 17.0 Å². The number of anilines is 1. The number of hydrogen-bond acceptors (Lipinski definition) is 6. The number of piperidine rings is 1. The summed E-state index contributed by atoms with van der Waals surface area (Å²) in [6.07, 6.45) is 1.20. The van der Waals surface area contributed by atoms with Gasteiger partial charge in [0, 0.05) is 34.8 Å². The lowest BCUT2D eigenvalue weighted by Crippen LogP contribution is -2.46. The lowest BCUT2D eigenvalue weighted by atomic mass is 9.98. The van der Waals surface area contributed by atoms with Gasteiger partial charge in [0.1, 0.15) is 23.0 Å². The number of rotatable bonds is 7. The summed E-state index contributed by atoms with van der Waals surface area (Å²) in [5, 5.41) is 4.20. The van der Waals surface area contributed by atoms with Crippen molar-refractivity contribution in [2.75, 3.05) is 4.90 Å². The fraction of sp³-hybridized carbons (Fsp3) is 0.500. The van der Waals surface area contributed by atoms with Crippen LogP contribution in [0.1, 0.15) is 67.0 Å². The zero-order chi connectivity index (χ0) is 25.7. The molecule has 4 heterocycles. The van der Waals surface area contributed by atoms with Crippen LogP contribution in [0.15, 0.2) is 40.9 Å². The molecule has 9 heteroatoms. The van der Waals surface area contributed by atoms with Gasteiger partial charge in [-0.05, 0) is 76.1 Å². The first-order valence-corrected chi connectivity index (χ1v) is 12.9. The van der Waals surface area contributed by atoms with E-state index in [0.29, 0.717) is 17.8 Å². The van der Waals surface area contributed by atoms with Crippen LogP contribution in [0.5, 0.6) is 5.75 Å². The second kappa shape index (κ2) is 9.35. The van der Waals surface area contributed by atoms with Crippen LogP contribution in [-0.4, -0.2) is 34.7 Å². The molecule has 196 valence electrons. The van der Waals surface area contributed by atoms with Gasteiger partial charge >= 0.3 is 6.36 Å². The molecule has 37 heavy (non-hydrogen) atoms. The predicted molar refractivity (Wildman–Crippen MR) is 131 cm³/mol. The van der Waals surface area contributed by atoms with Crippen molar-refractivity contribution in [2.45, 2.75) is 89.4 Å². The zero-order valence-corrected chi connectivity index (χ0v) is 20.9. The largest absolute Gasteiger partial charge is 0.573 e. The van der Waals surface area contributed by atoms with Gasteiger partial charge in [-0.1, -0.05) is 23.4 Å². The molecule has 2 atom stereocenters. The summed E-state index contributed by atoms with van der Waals surface area (Å²) in [5.41, 5.74) is 3.55. The molecule has 2 bridgehead atoms. The van der Waals surface area contributed by atoms with Gasteiger partial charge in [-0.25, -0.2) is 4.98 Å². The summed E-state index contributed by atoms with van der Waals surface area (Å²) in [4.78, 5) is 7.32. The molecule has 2 saturated heterocycles. The maximum absolute atomic E-state index is 13.1. The Kier molecular flexibility index (Phi) is 6.13. The lowest BCUT2D eigenvalue weighted by molar-refractivity contribution is -0.274. The van der Waals surface area contributed by atoms with Crippen LogP contribution >= 0.6 is 0 Å². The number of ether oxygens (including phenoxy) is 2. The van der Waals surface area contributed by atoms with Crippen LogP contribution in [-0.2, 0) is 11.3 Å². The van der Waals surface area contributed by atoms with Crippen molar-refractivity contribution in [1.29, 1.82) is 0 Å². The number of para-hydroxylation sites is 1. The van der Waals surface area contributed by atoms with Gasteiger partial charge in [0.2, 0.25) is 0 Å². The predicted octanol–water partition coefficient (Wildman–Crippen LogP) is 6.85. The second-order valence-electron chi connectivity index (χ2n) is 10.5. The van der Waals surface area contributed by atoms with Gasteiger partial charge in [0.15, 0.2) is 0 Å². The fourth-order valence-corrected chi connectivity index (χ4v) is 5.90. The molecule has 6 rings (SSSR count). The molecule has 0 radical (unpaired) electrons. The van der Waals surface area contributed by atoms with Crippen molar-refractivity contribution in [3.63, 3.8) is 0 Å². The normalized spacial score (nSPS) is 23.5. The molecule has 0 amide bonds. The SMILES string of the molecule is Cc1ccc(C)c(N2C3CCC2CC(OCc2c(-c4ccccc4OC(F)(F)F)noc2C2CC2)C3)n1. The van der Waals surface area contributed by atoms with E-state index in [0.717, 1.165) is 61.4 Å². The third kappa shape index (κ3) is 4.93. The zero-order valence-electron chi connectivity index (χ0n) is 20.9. The Morgan fingerprint density at radius 1 is 1.00 bits per heavy atom. The minimum absolute atomic E-state index is 0.0512. The van der Waals surface area contributed by atoms with E-state index in [9.17, 15) is 13.2 Å². The highest BCUT2D eigenvalue weighted by atomic mass is 19.4. The smallest absolute Gasteiger partial charge is 0.405 e. The van der Waals surface area contributed by atoms with Gasteiger partial charge in [0.05, 0.1) is 12.7 Å². The number of benzene rings is 1. The molecule has 0 N–H and O–H groups in total. The van der Waals surface area contributed by atoms with Crippen LogP contribution in [0, 0.1) is 13.8 Å². The van der Waals surface area contributed by atoms with Crippen LogP contribution in [0.4, 0.5) is 19.0 Å². The molecule has 2 aromatic heterocycles. The van der Waals surface area contributed by atoms with E-state index in [-0.39, 0.29) is 29.9 Å². The molecule has 3 aromatic rings. The first-order valence-electron chi connectivity index (χ1n) is 12.9. The molecular formula is C28H30F3N3O3. The molecule has 0 spiro atoms. The average Bonchev–Trinajstić information content (AvgIpc) is 3.55. The van der Waals surface area contributed by atoms with Gasteiger partial charge in [-0.3, -0.25) is 0 Å². The topological polar surface area (TPSA) is 60.6 Å². The van der Waals surface area contributed by atoms with Gasteiger partial charge < -0.3 is 18.9 Å². The Hall–Kier alpha value is -3.07. The van der Waals surface area contributed by atoms with Gasteiger partial charge in [-0.2, -0.15) is 0 Å². The standard InChI is InChI=1S/C28H30F3N3O3/c1-16-7-8-17(2)32-27(16)34-19-11-12-20(34)14-21(13-19)35-15-23-25(33-37-26(23)18-9-10-18)22-5-3-4-6-24(22)36-28(29,30)31/h3-8,18-21H,9-15H2,1-2H3. The number of pyridine rings is 1. The van der Waals surface area contributed by atoms with Crippen LogP contribution in [0.25, 0.3) is 11.3 Å². The molecule has 2 unspecified atom stereocenters. The third-order valence-electron chi connectivity index (χ3n) is 7.74. The van der Waals surface area contributed by atoms with E-state index in [1.165, 1.54) is 17.7 Å². The van der Waals surface area contributed by atoms with Crippen molar-refractivity contribution in [1.82, 2.24) is 10.1 Å². The van der Waals surface area contributed by atoms with Crippen molar-refractivity contribution in [3.05, 3.63) is 59.0 Å². The van der Waals surface area contributed by atoms with Crippen molar-refractivity contribution in [2.24, 2.45) is 0 Å². The van der Waals surface area contributed by atoms with E-state index < -0.39 is 6.36 Å². The van der Waals surface area contributed by atoms with Crippen molar-refractivity contribution < 1.29 is 27.2 Å². The molecule has 3 aliphatic rings. The number of nitrogens with zero attached hydrogens (tertiary/aromatic N) is 3. The average molecular weight is 514 g/mol. The van der Waals surface area contributed by atoms with E-state index in [4.69, 9.17) is 14.2 Å². The molecule has 1 saturated carbocycles. The maximum Gasteiger partial charge on any atom is 0.573 e. The summed E-state index contributed by atoms with van der Waals surface area (Å²) in [6, 6.07) is 11.0. The minimum atomic E-state index is -4.80. The molecule has 2 aliphatic heterocycles. The van der Waals surface area contributed by atoms with E-state index in [1.807, 2.05) is 13.0 Å². The van der Waals surface area contributed by atoms with E-state index in [1.54, 1.807) is 12.1 Å². The second-order valence-corrected chi connectivity index (χ2v) is 10.5. The highest BCUT2D eigenvalue weighted by Gasteiger charge is 2.43. The third-order valence-corrected chi connectivity index (χ3v) is 7.74. The highest BCUT2D eigenvalue weighted by molar-refractivity contribution is 5.70. The van der Waals surface area contributed by atoms with Crippen LogP contribution in [0.3, 0.4) is 0 Å². The number of fused-ring (bicyclic) bond motifs is 2. The summed E-state index contributed by atoms with van der Waals surface area (Å²) in [7, 11) is 0. The Labute approximate surface area is 213 Å². The first-order chi connectivity index (χ1) is 17.8. The van der Waals surface area contributed by atoms with Crippen molar-refractivity contribution >= 4 is 5.82 Å². The van der Waals surface area contributed by atoms with Crippen LogP contribution < -0.4 is 9.64 Å². The summed E-state index contributed by atoms with van der Waals surface area (Å²) < 4.78 is 55.6. The monoisotopic (exact) mass is 513 g/mol. The number of aromatic nitrogens is 2. The minimum Gasteiger partial charge on any atom is -0.405 e. The molecule has 6 nitrogen and oxygen atoms in total. The Morgan fingerprint density at radius 2 is 1.73 bits per heavy atom. The molecular weight excluding hydrogens is 483 g/mol. The summed E-state index contributed by atoms with van der Waals surface area (Å²) in [6.45, 7) is 4.38. The Bertz CT molecular complexity index is 1270. The highest BCUT2D eigenvalue weighted by Crippen LogP contribution is 2.46. The van der Waals surface area contributed by atoms with E-state index in [2.05, 4.69) is 27.8 Å². The summed E-state index contributed by atoms with van der Waals surface area (Å²) in [5.74, 6) is 1.74.